The maximum atomic E-state index is 12.8. The quantitative estimate of drug-likeness (QED) is 0.892. The minimum atomic E-state index is 0.0982. The molecule has 3 rings (SSSR count). The number of nitrogens with two attached hydrogens (primary N) is 1. The number of amides is 1. The van der Waals surface area contributed by atoms with Gasteiger partial charge >= 0.3 is 0 Å². The Hall–Kier alpha value is -2.13. The number of aryl methyl sites for hydroxylation is 2. The molecule has 2 aromatic rings. The minimum Gasteiger partial charge on any atom is -0.337 e. The lowest BCUT2D eigenvalue weighted by atomic mass is 10.1. The average Bonchev–Trinajstić information content (AvgIpc) is 3.06. The summed E-state index contributed by atoms with van der Waals surface area (Å²) in [6.07, 6.45) is 4.30. The molecule has 0 spiro atoms. The van der Waals surface area contributed by atoms with Crippen LogP contribution in [0.5, 0.6) is 0 Å². The van der Waals surface area contributed by atoms with Crippen LogP contribution in [0.4, 0.5) is 0 Å². The molecule has 0 bridgehead atoms. The van der Waals surface area contributed by atoms with Crippen LogP contribution in [0.2, 0.25) is 0 Å². The van der Waals surface area contributed by atoms with Gasteiger partial charge in [0.1, 0.15) is 0 Å². The molecule has 2 N–H and O–H groups in total. The summed E-state index contributed by atoms with van der Waals surface area (Å²) < 4.78 is 0. The van der Waals surface area contributed by atoms with E-state index in [1.54, 1.807) is 0 Å². The summed E-state index contributed by atoms with van der Waals surface area (Å²) in [5.41, 5.74) is 10.5. The zero-order valence-corrected chi connectivity index (χ0v) is 13.5. The number of hydrogen-bond acceptors (Lipinski definition) is 2. The van der Waals surface area contributed by atoms with E-state index < -0.39 is 0 Å². The Labute approximate surface area is 138 Å². The summed E-state index contributed by atoms with van der Waals surface area (Å²) in [6, 6.07) is 16.4. The van der Waals surface area contributed by atoms with Gasteiger partial charge in [-0.25, -0.2) is 0 Å². The van der Waals surface area contributed by atoms with Gasteiger partial charge in [0.15, 0.2) is 0 Å². The molecular formula is C20H24N2O. The van der Waals surface area contributed by atoms with E-state index >= 15 is 0 Å². The summed E-state index contributed by atoms with van der Waals surface area (Å²) in [7, 11) is 0. The van der Waals surface area contributed by atoms with E-state index in [0.29, 0.717) is 19.6 Å². The van der Waals surface area contributed by atoms with Crippen molar-refractivity contribution in [1.29, 1.82) is 0 Å². The van der Waals surface area contributed by atoms with Gasteiger partial charge in [0, 0.05) is 25.2 Å². The molecule has 0 aromatic heterocycles. The van der Waals surface area contributed by atoms with Crippen LogP contribution in [-0.4, -0.2) is 30.4 Å². The number of hydrogen-bond donors (Lipinski definition) is 1. The number of rotatable bonds is 6. The zero-order valence-electron chi connectivity index (χ0n) is 13.5. The highest BCUT2D eigenvalue weighted by Gasteiger charge is 2.18. The second-order valence-electron chi connectivity index (χ2n) is 6.15. The predicted molar refractivity (Wildman–Crippen MR) is 93.6 cm³/mol. The van der Waals surface area contributed by atoms with E-state index in [1.165, 1.54) is 23.1 Å². The Morgan fingerprint density at radius 1 is 1.00 bits per heavy atom. The molecule has 1 amide bonds. The Morgan fingerprint density at radius 2 is 1.78 bits per heavy atom. The van der Waals surface area contributed by atoms with Crippen LogP contribution in [0.3, 0.4) is 0 Å². The molecule has 1 aliphatic carbocycles. The second kappa shape index (κ2) is 7.42. The topological polar surface area (TPSA) is 46.3 Å². The van der Waals surface area contributed by atoms with Crippen molar-refractivity contribution < 1.29 is 4.79 Å². The molecule has 23 heavy (non-hydrogen) atoms. The van der Waals surface area contributed by atoms with Gasteiger partial charge in [-0.15, -0.1) is 0 Å². The van der Waals surface area contributed by atoms with Crippen LogP contribution in [-0.2, 0) is 19.3 Å². The number of carbonyl (C=O) groups excluding carboxylic acids is 1. The predicted octanol–water partition coefficient (Wildman–Crippen LogP) is 2.82. The molecule has 0 unspecified atom stereocenters. The smallest absolute Gasteiger partial charge is 0.253 e. The lowest BCUT2D eigenvalue weighted by molar-refractivity contribution is 0.0762. The zero-order chi connectivity index (χ0) is 16.1. The van der Waals surface area contributed by atoms with Gasteiger partial charge in [0.2, 0.25) is 0 Å². The highest BCUT2D eigenvalue weighted by molar-refractivity contribution is 5.94. The van der Waals surface area contributed by atoms with Gasteiger partial charge in [0.05, 0.1) is 0 Å². The van der Waals surface area contributed by atoms with Crippen molar-refractivity contribution in [3.05, 3.63) is 70.8 Å². The second-order valence-corrected chi connectivity index (χ2v) is 6.15. The Morgan fingerprint density at radius 3 is 2.57 bits per heavy atom. The Balaban J connectivity index is 1.71. The van der Waals surface area contributed by atoms with Crippen LogP contribution in [0.15, 0.2) is 48.5 Å². The van der Waals surface area contributed by atoms with Crippen molar-refractivity contribution >= 4 is 5.91 Å². The van der Waals surface area contributed by atoms with Crippen molar-refractivity contribution in [1.82, 2.24) is 4.90 Å². The molecule has 3 nitrogen and oxygen atoms in total. The number of nitrogens with zero attached hydrogens (tertiary/aromatic N) is 1. The van der Waals surface area contributed by atoms with Gasteiger partial charge in [-0.3, -0.25) is 4.79 Å². The van der Waals surface area contributed by atoms with Crippen LogP contribution >= 0.6 is 0 Å². The first-order chi connectivity index (χ1) is 11.3. The van der Waals surface area contributed by atoms with Crippen LogP contribution < -0.4 is 5.73 Å². The molecule has 120 valence electrons. The van der Waals surface area contributed by atoms with Gasteiger partial charge in [-0.2, -0.15) is 0 Å². The summed E-state index contributed by atoms with van der Waals surface area (Å²) in [5.74, 6) is 0.0982. The molecule has 2 aromatic carbocycles. The van der Waals surface area contributed by atoms with Crippen molar-refractivity contribution in [2.75, 3.05) is 19.6 Å². The fourth-order valence-electron chi connectivity index (χ4n) is 3.27. The minimum absolute atomic E-state index is 0.0982. The summed E-state index contributed by atoms with van der Waals surface area (Å²) in [5, 5.41) is 0. The van der Waals surface area contributed by atoms with Crippen LogP contribution in [0.25, 0.3) is 0 Å². The fraction of sp³-hybridized carbons (Fsp3) is 0.350. The van der Waals surface area contributed by atoms with E-state index in [9.17, 15) is 4.79 Å². The van der Waals surface area contributed by atoms with Crippen molar-refractivity contribution in [3.63, 3.8) is 0 Å². The maximum Gasteiger partial charge on any atom is 0.253 e. The lowest BCUT2D eigenvalue weighted by Crippen LogP contribution is -2.37. The van der Waals surface area contributed by atoms with Gasteiger partial charge < -0.3 is 10.6 Å². The first-order valence-electron chi connectivity index (χ1n) is 8.43. The molecule has 0 heterocycles. The Bertz CT molecular complexity index is 667. The summed E-state index contributed by atoms with van der Waals surface area (Å²) in [6.45, 7) is 1.80. The SMILES string of the molecule is NCCN(CCc1ccccc1)C(=O)c1ccc2c(c1)CCC2. The molecule has 0 saturated heterocycles. The summed E-state index contributed by atoms with van der Waals surface area (Å²) in [4.78, 5) is 14.7. The molecule has 0 fully saturated rings. The van der Waals surface area contributed by atoms with Gasteiger partial charge in [0.25, 0.3) is 5.91 Å². The highest BCUT2D eigenvalue weighted by Crippen LogP contribution is 2.23. The number of carbonyl (C=O) groups is 1. The number of benzene rings is 2. The fourth-order valence-corrected chi connectivity index (χ4v) is 3.27. The van der Waals surface area contributed by atoms with Crippen molar-refractivity contribution in [2.24, 2.45) is 5.73 Å². The van der Waals surface area contributed by atoms with Gasteiger partial charge in [-0.05, 0) is 54.5 Å². The first-order valence-corrected chi connectivity index (χ1v) is 8.43. The highest BCUT2D eigenvalue weighted by atomic mass is 16.2. The normalized spacial score (nSPS) is 12.9. The Kier molecular flexibility index (Phi) is 5.09. The van der Waals surface area contributed by atoms with E-state index in [2.05, 4.69) is 24.3 Å². The standard InChI is InChI=1S/C20H24N2O/c21-12-14-22(13-11-16-5-2-1-3-6-16)20(23)19-10-9-17-7-4-8-18(17)15-19/h1-3,5-6,9-10,15H,4,7-8,11-14,21H2. The largest absolute Gasteiger partial charge is 0.337 e. The monoisotopic (exact) mass is 308 g/mol. The lowest BCUT2D eigenvalue weighted by Gasteiger charge is -2.22. The first kappa shape index (κ1) is 15.8. The molecule has 3 heteroatoms. The number of fused-ring (bicyclic) bond motifs is 1. The molecule has 0 aliphatic heterocycles. The van der Waals surface area contributed by atoms with Crippen LogP contribution in [0, 0.1) is 0 Å². The van der Waals surface area contributed by atoms with E-state index in [-0.39, 0.29) is 5.91 Å². The maximum absolute atomic E-state index is 12.8. The summed E-state index contributed by atoms with van der Waals surface area (Å²) >= 11 is 0. The third-order valence-corrected chi connectivity index (χ3v) is 4.54. The molecule has 1 aliphatic rings. The third-order valence-electron chi connectivity index (χ3n) is 4.54. The van der Waals surface area contributed by atoms with E-state index in [4.69, 9.17) is 5.73 Å². The average molecular weight is 308 g/mol. The van der Waals surface area contributed by atoms with E-state index in [0.717, 1.165) is 24.8 Å². The third kappa shape index (κ3) is 3.80. The van der Waals surface area contributed by atoms with E-state index in [1.807, 2.05) is 29.2 Å². The molecule has 0 atom stereocenters. The van der Waals surface area contributed by atoms with Crippen molar-refractivity contribution in [3.8, 4) is 0 Å². The molecular weight excluding hydrogens is 284 g/mol. The van der Waals surface area contributed by atoms with Crippen LogP contribution in [0.1, 0.15) is 33.5 Å². The van der Waals surface area contributed by atoms with Gasteiger partial charge in [-0.1, -0.05) is 36.4 Å². The molecule has 0 radical (unpaired) electrons. The molecule has 0 saturated carbocycles. The van der Waals surface area contributed by atoms with Crippen molar-refractivity contribution in [2.45, 2.75) is 25.7 Å².